The molecule has 2 heterocycles. The van der Waals surface area contributed by atoms with Gasteiger partial charge in [0.05, 0.1) is 11.3 Å². The first-order valence-corrected chi connectivity index (χ1v) is 12.2. The second-order valence-electron chi connectivity index (χ2n) is 9.14. The van der Waals surface area contributed by atoms with Gasteiger partial charge in [0.25, 0.3) is 0 Å². The number of nitrogens with two attached hydrogens (primary N) is 1. The summed E-state index contributed by atoms with van der Waals surface area (Å²) in [6, 6.07) is 9.64. The maximum atomic E-state index is 12.7. The summed E-state index contributed by atoms with van der Waals surface area (Å²) in [7, 11) is -3.78. The predicted molar refractivity (Wildman–Crippen MR) is 129 cm³/mol. The van der Waals surface area contributed by atoms with E-state index in [0.717, 1.165) is 16.5 Å². The molecule has 0 bridgehead atoms. The minimum absolute atomic E-state index is 0.0662. The second-order valence-corrected chi connectivity index (χ2v) is 10.9. The fourth-order valence-corrected chi connectivity index (χ4v) is 4.77. The van der Waals surface area contributed by atoms with Gasteiger partial charge in [0.15, 0.2) is 0 Å². The molecule has 1 atom stereocenters. The number of carbonyl (C=O) groups excluding carboxylic acids is 1. The van der Waals surface area contributed by atoms with Crippen molar-refractivity contribution in [2.75, 3.05) is 6.54 Å². The summed E-state index contributed by atoms with van der Waals surface area (Å²) in [6.45, 7) is 5.75. The van der Waals surface area contributed by atoms with Crippen molar-refractivity contribution in [1.29, 1.82) is 0 Å². The molecule has 34 heavy (non-hydrogen) atoms. The Hall–Kier alpha value is -3.44. The van der Waals surface area contributed by atoms with Crippen LogP contribution in [0.1, 0.15) is 32.9 Å². The molecule has 0 aliphatic carbocycles. The minimum Gasteiger partial charge on any atom is -0.465 e. The van der Waals surface area contributed by atoms with E-state index in [9.17, 15) is 18.0 Å². The molecule has 11 heteroatoms. The van der Waals surface area contributed by atoms with Crippen LogP contribution in [0.15, 0.2) is 47.5 Å². The molecule has 1 unspecified atom stereocenters. The zero-order valence-corrected chi connectivity index (χ0v) is 20.1. The molecule has 182 valence electrons. The molecule has 0 radical (unpaired) electrons. The molecular formula is C23H29N5O5S. The number of sulfonamides is 1. The van der Waals surface area contributed by atoms with Crippen LogP contribution in [0.25, 0.3) is 22.2 Å². The van der Waals surface area contributed by atoms with Crippen LogP contribution in [-0.4, -0.2) is 48.1 Å². The highest BCUT2D eigenvalue weighted by Crippen LogP contribution is 2.29. The van der Waals surface area contributed by atoms with Crippen LogP contribution in [0.4, 0.5) is 4.79 Å². The Bertz CT molecular complexity index is 1290. The van der Waals surface area contributed by atoms with Crippen molar-refractivity contribution in [1.82, 2.24) is 20.0 Å². The first-order valence-electron chi connectivity index (χ1n) is 10.7. The Balaban J connectivity index is 1.75. The van der Waals surface area contributed by atoms with Gasteiger partial charge in [-0.2, -0.15) is 0 Å². The molecule has 1 aromatic carbocycles. The number of nitrogens with zero attached hydrogens (tertiary/aromatic N) is 1. The van der Waals surface area contributed by atoms with Crippen LogP contribution in [0.2, 0.25) is 0 Å². The summed E-state index contributed by atoms with van der Waals surface area (Å²) in [5.41, 5.74) is 7.79. The van der Waals surface area contributed by atoms with Crippen molar-refractivity contribution in [3.63, 3.8) is 0 Å². The monoisotopic (exact) mass is 487 g/mol. The highest BCUT2D eigenvalue weighted by Gasteiger charge is 2.26. The van der Waals surface area contributed by atoms with Gasteiger partial charge in [0.2, 0.25) is 15.9 Å². The van der Waals surface area contributed by atoms with E-state index < -0.39 is 28.1 Å². The lowest BCUT2D eigenvalue weighted by Gasteiger charge is -2.30. The van der Waals surface area contributed by atoms with E-state index in [-0.39, 0.29) is 23.3 Å². The molecule has 0 aliphatic rings. The van der Waals surface area contributed by atoms with Crippen molar-refractivity contribution >= 4 is 33.1 Å². The number of primary amides is 1. The average molecular weight is 488 g/mol. The molecule has 3 rings (SSSR count). The number of pyridine rings is 1. The van der Waals surface area contributed by atoms with Crippen molar-refractivity contribution in [3.05, 3.63) is 48.3 Å². The summed E-state index contributed by atoms with van der Waals surface area (Å²) in [5.74, 6) is -0.456. The van der Waals surface area contributed by atoms with Gasteiger partial charge in [-0.3, -0.25) is 4.79 Å². The lowest BCUT2D eigenvalue weighted by Crippen LogP contribution is -2.45. The molecule has 2 amide bonds. The van der Waals surface area contributed by atoms with E-state index in [1.54, 1.807) is 18.3 Å². The molecule has 0 spiro atoms. The van der Waals surface area contributed by atoms with Gasteiger partial charge in [-0.25, -0.2) is 22.9 Å². The third kappa shape index (κ3) is 6.12. The van der Waals surface area contributed by atoms with Crippen LogP contribution < -0.4 is 15.8 Å². The molecule has 6 N–H and O–H groups in total. The highest BCUT2D eigenvalue weighted by molar-refractivity contribution is 7.89. The molecule has 2 aromatic heterocycles. The summed E-state index contributed by atoms with van der Waals surface area (Å²) in [5, 5.41) is 12.3. The molecule has 10 nitrogen and oxygen atoms in total. The molecule has 0 saturated heterocycles. The third-order valence-corrected chi connectivity index (χ3v) is 6.97. The number of rotatable bonds is 9. The number of hydrogen-bond donors (Lipinski definition) is 5. The van der Waals surface area contributed by atoms with Gasteiger partial charge >= 0.3 is 6.09 Å². The topological polar surface area (TPSA) is 167 Å². The van der Waals surface area contributed by atoms with E-state index in [4.69, 9.17) is 10.8 Å². The quantitative estimate of drug-likeness (QED) is 0.311. The number of carbonyl (C=O) groups is 2. The summed E-state index contributed by atoms with van der Waals surface area (Å²) in [6.07, 6.45) is 0.860. The number of aromatic amines is 1. The Labute approximate surface area is 198 Å². The van der Waals surface area contributed by atoms with Crippen LogP contribution >= 0.6 is 0 Å². The maximum Gasteiger partial charge on any atom is 0.404 e. The second kappa shape index (κ2) is 9.82. The van der Waals surface area contributed by atoms with Crippen molar-refractivity contribution < 1.29 is 23.1 Å². The average Bonchev–Trinajstić information content (AvgIpc) is 3.13. The number of H-pyrrole nitrogens is 1. The Kier molecular flexibility index (Phi) is 7.27. The van der Waals surface area contributed by atoms with E-state index in [1.807, 2.05) is 32.9 Å². The van der Waals surface area contributed by atoms with Crippen LogP contribution in [0.3, 0.4) is 0 Å². The van der Waals surface area contributed by atoms with E-state index in [0.29, 0.717) is 17.8 Å². The van der Waals surface area contributed by atoms with Crippen molar-refractivity contribution in [2.24, 2.45) is 11.1 Å². The van der Waals surface area contributed by atoms with Crippen molar-refractivity contribution in [2.45, 2.75) is 44.6 Å². The Morgan fingerprint density at radius 1 is 1.18 bits per heavy atom. The number of hydrogen-bond acceptors (Lipinski definition) is 5. The standard InChI is InChI=1S/C23H29N5O5S/c1-23(2,3)19(28-22(30)31)9-11-26-34(32,33)16-6-4-14(5-7-16)17-8-10-25-21-18(17)12-15(27-21)13-20(24)29/h4-8,10,12,19,26,28H,9,11,13H2,1-3H3,(H2,24,29)(H,25,27)(H,30,31). The van der Waals surface area contributed by atoms with E-state index in [2.05, 4.69) is 20.0 Å². The van der Waals surface area contributed by atoms with Gasteiger partial charge in [-0.15, -0.1) is 0 Å². The van der Waals surface area contributed by atoms with Crippen molar-refractivity contribution in [3.8, 4) is 11.1 Å². The van der Waals surface area contributed by atoms with Crippen LogP contribution in [0.5, 0.6) is 0 Å². The van der Waals surface area contributed by atoms with Gasteiger partial charge in [-0.1, -0.05) is 32.9 Å². The number of fused-ring (bicyclic) bond motifs is 1. The Morgan fingerprint density at radius 3 is 2.44 bits per heavy atom. The molecular weight excluding hydrogens is 458 g/mol. The number of amides is 2. The number of benzene rings is 1. The van der Waals surface area contributed by atoms with Gasteiger partial charge in [0.1, 0.15) is 5.65 Å². The van der Waals surface area contributed by atoms with E-state index in [1.165, 1.54) is 12.1 Å². The number of carboxylic acid groups (broad SMARTS) is 1. The minimum atomic E-state index is -3.78. The SMILES string of the molecule is CC(C)(C)C(CCNS(=O)(=O)c1ccc(-c2ccnc3[nH]c(CC(N)=O)cc23)cc1)NC(=O)O. The smallest absolute Gasteiger partial charge is 0.404 e. The van der Waals surface area contributed by atoms with Gasteiger partial charge < -0.3 is 21.1 Å². The Morgan fingerprint density at radius 2 is 1.85 bits per heavy atom. The fourth-order valence-electron chi connectivity index (χ4n) is 3.72. The predicted octanol–water partition coefficient (Wildman–Crippen LogP) is 2.61. The normalized spacial score (nSPS) is 13.0. The molecule has 0 aliphatic heterocycles. The highest BCUT2D eigenvalue weighted by atomic mass is 32.2. The largest absolute Gasteiger partial charge is 0.465 e. The van der Waals surface area contributed by atoms with E-state index >= 15 is 0 Å². The van der Waals surface area contributed by atoms with Gasteiger partial charge in [0, 0.05) is 29.9 Å². The molecule has 0 fully saturated rings. The van der Waals surface area contributed by atoms with Crippen LogP contribution in [0, 0.1) is 5.41 Å². The summed E-state index contributed by atoms with van der Waals surface area (Å²) >= 11 is 0. The number of nitrogens with one attached hydrogen (secondary N) is 3. The first kappa shape index (κ1) is 25.2. The summed E-state index contributed by atoms with van der Waals surface area (Å²) < 4.78 is 28.0. The van der Waals surface area contributed by atoms with Crippen LogP contribution in [-0.2, 0) is 21.2 Å². The maximum absolute atomic E-state index is 12.7. The lowest BCUT2D eigenvalue weighted by molar-refractivity contribution is -0.117. The fraction of sp³-hybridized carbons (Fsp3) is 0.348. The lowest BCUT2D eigenvalue weighted by atomic mass is 9.85. The third-order valence-electron chi connectivity index (χ3n) is 5.50. The summed E-state index contributed by atoms with van der Waals surface area (Å²) in [4.78, 5) is 29.7. The van der Waals surface area contributed by atoms with Gasteiger partial charge in [-0.05, 0) is 47.2 Å². The molecule has 3 aromatic rings. The zero-order chi connectivity index (χ0) is 25.1. The first-order chi connectivity index (χ1) is 15.9. The number of aromatic nitrogens is 2. The zero-order valence-electron chi connectivity index (χ0n) is 19.3. The molecule has 0 saturated carbocycles.